The van der Waals surface area contributed by atoms with Gasteiger partial charge in [-0.05, 0) is 6.07 Å². The summed E-state index contributed by atoms with van der Waals surface area (Å²) >= 11 is 0. The van der Waals surface area contributed by atoms with Gasteiger partial charge in [0.1, 0.15) is 5.82 Å². The van der Waals surface area contributed by atoms with Gasteiger partial charge in [-0.3, -0.25) is 4.90 Å². The number of aromatic nitrogens is 2. The highest BCUT2D eigenvalue weighted by atomic mass is 16.5. The molecule has 2 aromatic rings. The zero-order valence-corrected chi connectivity index (χ0v) is 17.1. The molecule has 2 heterocycles. The van der Waals surface area contributed by atoms with Gasteiger partial charge in [0.15, 0.2) is 11.5 Å². The fourth-order valence-corrected chi connectivity index (χ4v) is 3.40. The molecule has 1 aliphatic heterocycles. The zero-order valence-electron chi connectivity index (χ0n) is 17.1. The Morgan fingerprint density at radius 3 is 2.41 bits per heavy atom. The van der Waals surface area contributed by atoms with Crippen LogP contribution in [0, 0.1) is 0 Å². The number of fused-ring (bicyclic) bond motifs is 1. The molecule has 0 fully saturated rings. The first kappa shape index (κ1) is 19.4. The Morgan fingerprint density at radius 2 is 1.78 bits per heavy atom. The normalized spacial score (nSPS) is 14.6. The molecule has 3 rings (SSSR count). The SMILES string of the molecule is COc1ccc(CN2CCc3nc(C(C)(C)C)ncc3C2)c(OC)c1OC. The number of nitrogens with zero attached hydrogens (tertiary/aromatic N) is 3. The van der Waals surface area contributed by atoms with Crippen molar-refractivity contribution in [1.29, 1.82) is 0 Å². The second kappa shape index (κ2) is 7.72. The Kier molecular flexibility index (Phi) is 5.56. The van der Waals surface area contributed by atoms with Crippen molar-refractivity contribution in [2.45, 2.75) is 45.7 Å². The predicted molar refractivity (Wildman–Crippen MR) is 105 cm³/mol. The van der Waals surface area contributed by atoms with Crippen molar-refractivity contribution in [3.05, 3.63) is 41.0 Å². The molecule has 27 heavy (non-hydrogen) atoms. The number of ether oxygens (including phenoxy) is 3. The number of hydrogen-bond acceptors (Lipinski definition) is 6. The van der Waals surface area contributed by atoms with E-state index < -0.39 is 0 Å². The van der Waals surface area contributed by atoms with Crippen LogP contribution in [0.5, 0.6) is 17.2 Å². The Hall–Kier alpha value is -2.34. The number of benzene rings is 1. The van der Waals surface area contributed by atoms with E-state index in [4.69, 9.17) is 19.2 Å². The van der Waals surface area contributed by atoms with E-state index in [1.54, 1.807) is 21.3 Å². The number of hydrogen-bond donors (Lipinski definition) is 0. The summed E-state index contributed by atoms with van der Waals surface area (Å²) in [4.78, 5) is 11.8. The molecule has 6 heteroatoms. The third-order valence-corrected chi connectivity index (χ3v) is 4.86. The predicted octanol–water partition coefficient (Wildman–Crippen LogP) is 3.36. The fourth-order valence-electron chi connectivity index (χ4n) is 3.40. The van der Waals surface area contributed by atoms with E-state index in [1.807, 2.05) is 18.3 Å². The Balaban J connectivity index is 1.81. The molecule has 0 atom stereocenters. The topological polar surface area (TPSA) is 56.7 Å². The molecule has 0 amide bonds. The average molecular weight is 371 g/mol. The molecule has 0 N–H and O–H groups in total. The highest BCUT2D eigenvalue weighted by Gasteiger charge is 2.24. The highest BCUT2D eigenvalue weighted by molar-refractivity contribution is 5.55. The van der Waals surface area contributed by atoms with Crippen LogP contribution in [0.1, 0.15) is 43.4 Å². The van der Waals surface area contributed by atoms with Crippen molar-refractivity contribution in [1.82, 2.24) is 14.9 Å². The first-order chi connectivity index (χ1) is 12.9. The third-order valence-electron chi connectivity index (χ3n) is 4.86. The first-order valence-corrected chi connectivity index (χ1v) is 9.22. The van der Waals surface area contributed by atoms with Crippen molar-refractivity contribution >= 4 is 0 Å². The highest BCUT2D eigenvalue weighted by Crippen LogP contribution is 2.40. The first-order valence-electron chi connectivity index (χ1n) is 9.22. The van der Waals surface area contributed by atoms with Gasteiger partial charge in [-0.15, -0.1) is 0 Å². The molecule has 0 aliphatic carbocycles. The molecule has 0 radical (unpaired) electrons. The Morgan fingerprint density at radius 1 is 1.04 bits per heavy atom. The van der Waals surface area contributed by atoms with Crippen LogP contribution < -0.4 is 14.2 Å². The lowest BCUT2D eigenvalue weighted by Crippen LogP contribution is -2.32. The summed E-state index contributed by atoms with van der Waals surface area (Å²) in [5, 5.41) is 0. The molecule has 1 aromatic carbocycles. The summed E-state index contributed by atoms with van der Waals surface area (Å²) in [5.74, 6) is 2.94. The summed E-state index contributed by atoms with van der Waals surface area (Å²) in [6.07, 6.45) is 2.91. The van der Waals surface area contributed by atoms with E-state index in [2.05, 4.69) is 30.7 Å². The molecule has 1 aliphatic rings. The van der Waals surface area contributed by atoms with E-state index in [0.717, 1.165) is 43.2 Å². The van der Waals surface area contributed by atoms with Gasteiger partial charge < -0.3 is 14.2 Å². The largest absolute Gasteiger partial charge is 0.493 e. The van der Waals surface area contributed by atoms with Crippen LogP contribution in [0.4, 0.5) is 0 Å². The lowest BCUT2D eigenvalue weighted by Gasteiger charge is -2.29. The molecular formula is C21H29N3O3. The van der Waals surface area contributed by atoms with E-state index in [1.165, 1.54) is 11.3 Å². The van der Waals surface area contributed by atoms with Crippen LogP contribution in [-0.2, 0) is 24.9 Å². The quantitative estimate of drug-likeness (QED) is 0.803. The Bertz CT molecular complexity index is 815. The molecule has 0 saturated carbocycles. The van der Waals surface area contributed by atoms with Gasteiger partial charge in [0, 0.05) is 54.5 Å². The molecule has 0 saturated heterocycles. The second-order valence-electron chi connectivity index (χ2n) is 7.87. The van der Waals surface area contributed by atoms with Crippen molar-refractivity contribution in [3.8, 4) is 17.2 Å². The van der Waals surface area contributed by atoms with Crippen molar-refractivity contribution in [2.75, 3.05) is 27.9 Å². The summed E-state index contributed by atoms with van der Waals surface area (Å²) in [6, 6.07) is 3.96. The van der Waals surface area contributed by atoms with E-state index in [0.29, 0.717) is 11.5 Å². The molecular weight excluding hydrogens is 342 g/mol. The van der Waals surface area contributed by atoms with Crippen molar-refractivity contribution in [3.63, 3.8) is 0 Å². The standard InChI is InChI=1S/C21H29N3O3/c1-21(2,3)20-22-11-15-13-24(10-9-16(15)23-20)12-14-7-8-17(25-4)19(27-6)18(14)26-5/h7-8,11H,9-10,12-13H2,1-6H3. The van der Waals surface area contributed by atoms with Gasteiger partial charge in [0.25, 0.3) is 0 Å². The summed E-state index contributed by atoms with van der Waals surface area (Å²) < 4.78 is 16.5. The number of methoxy groups -OCH3 is 3. The summed E-state index contributed by atoms with van der Waals surface area (Å²) in [6.45, 7) is 8.99. The second-order valence-corrected chi connectivity index (χ2v) is 7.87. The van der Waals surface area contributed by atoms with Crippen LogP contribution in [0.15, 0.2) is 18.3 Å². The zero-order chi connectivity index (χ0) is 19.6. The summed E-state index contributed by atoms with van der Waals surface area (Å²) in [7, 11) is 4.92. The van der Waals surface area contributed by atoms with Crippen LogP contribution in [-0.4, -0.2) is 42.7 Å². The van der Waals surface area contributed by atoms with Crippen molar-refractivity contribution < 1.29 is 14.2 Å². The van der Waals surface area contributed by atoms with E-state index in [-0.39, 0.29) is 5.41 Å². The van der Waals surface area contributed by atoms with E-state index >= 15 is 0 Å². The lowest BCUT2D eigenvalue weighted by molar-refractivity contribution is 0.236. The maximum absolute atomic E-state index is 5.62. The minimum absolute atomic E-state index is 0.0286. The van der Waals surface area contributed by atoms with Gasteiger partial charge in [-0.2, -0.15) is 0 Å². The number of rotatable bonds is 5. The maximum Gasteiger partial charge on any atom is 0.203 e. The average Bonchev–Trinajstić information content (AvgIpc) is 2.66. The van der Waals surface area contributed by atoms with Crippen molar-refractivity contribution in [2.24, 2.45) is 0 Å². The molecule has 0 bridgehead atoms. The van der Waals surface area contributed by atoms with Crippen LogP contribution in [0.3, 0.4) is 0 Å². The minimum atomic E-state index is -0.0286. The fraction of sp³-hybridized carbons (Fsp3) is 0.524. The molecule has 6 nitrogen and oxygen atoms in total. The smallest absolute Gasteiger partial charge is 0.203 e. The van der Waals surface area contributed by atoms with Crippen LogP contribution >= 0.6 is 0 Å². The van der Waals surface area contributed by atoms with Gasteiger partial charge in [0.2, 0.25) is 5.75 Å². The van der Waals surface area contributed by atoms with Gasteiger partial charge >= 0.3 is 0 Å². The molecule has 0 spiro atoms. The summed E-state index contributed by atoms with van der Waals surface area (Å²) in [5.41, 5.74) is 3.42. The maximum atomic E-state index is 5.62. The van der Waals surface area contributed by atoms with Crippen LogP contribution in [0.2, 0.25) is 0 Å². The minimum Gasteiger partial charge on any atom is -0.493 e. The third kappa shape index (κ3) is 4.00. The van der Waals surface area contributed by atoms with Gasteiger partial charge in [-0.25, -0.2) is 9.97 Å². The van der Waals surface area contributed by atoms with E-state index in [9.17, 15) is 0 Å². The van der Waals surface area contributed by atoms with Gasteiger partial charge in [-0.1, -0.05) is 26.8 Å². The molecule has 146 valence electrons. The van der Waals surface area contributed by atoms with Gasteiger partial charge in [0.05, 0.1) is 21.3 Å². The lowest BCUT2D eigenvalue weighted by atomic mass is 9.95. The molecule has 1 aromatic heterocycles. The van der Waals surface area contributed by atoms with Crippen LogP contribution in [0.25, 0.3) is 0 Å². The Labute approximate surface area is 161 Å². The monoisotopic (exact) mass is 371 g/mol. The molecule has 0 unspecified atom stereocenters.